The van der Waals surface area contributed by atoms with Gasteiger partial charge >= 0.3 is 0 Å². The van der Waals surface area contributed by atoms with E-state index in [4.69, 9.17) is 16.3 Å². The molecule has 1 heterocycles. The van der Waals surface area contributed by atoms with Crippen molar-refractivity contribution in [1.82, 2.24) is 5.01 Å². The fourth-order valence-electron chi connectivity index (χ4n) is 4.92. The van der Waals surface area contributed by atoms with Crippen molar-refractivity contribution in [2.45, 2.75) is 94.4 Å². The summed E-state index contributed by atoms with van der Waals surface area (Å²) in [4.78, 5) is 13.2. The maximum atomic E-state index is 13.2. The van der Waals surface area contributed by atoms with Crippen LogP contribution in [-0.4, -0.2) is 45.8 Å². The van der Waals surface area contributed by atoms with Crippen LogP contribution in [-0.2, 0) is 9.53 Å². The van der Waals surface area contributed by atoms with Crippen LogP contribution in [0.5, 0.6) is 0 Å². The lowest BCUT2D eigenvalue weighted by molar-refractivity contribution is -0.138. The Labute approximate surface area is 180 Å². The second-order valence-electron chi connectivity index (χ2n) is 9.80. The Morgan fingerprint density at radius 2 is 1.82 bits per heavy atom. The van der Waals surface area contributed by atoms with Crippen molar-refractivity contribution in [2.24, 2.45) is 22.9 Å². The second-order valence-corrected chi connectivity index (χ2v) is 11.7. The van der Waals surface area contributed by atoms with Crippen molar-refractivity contribution in [3.63, 3.8) is 0 Å². The van der Waals surface area contributed by atoms with Crippen LogP contribution in [0.2, 0.25) is 0 Å². The van der Waals surface area contributed by atoms with Crippen molar-refractivity contribution in [3.05, 3.63) is 0 Å². The number of carbonyl (C=O) groups excluding carboxylic acids is 1. The standard InChI is InChI=1S/C22H37ClN2O2S/c1-21(2,3)25-20(26)22(23,28-4)19(14-24-25)17-12-10-16(11-13-17)15-27-18-8-6-5-7-9-18/h14,16-19H,5-13,15H2,1-4H3. The first-order valence-electron chi connectivity index (χ1n) is 11.0. The van der Waals surface area contributed by atoms with Gasteiger partial charge in [-0.2, -0.15) is 5.10 Å². The van der Waals surface area contributed by atoms with Gasteiger partial charge in [-0.25, -0.2) is 5.01 Å². The van der Waals surface area contributed by atoms with E-state index in [1.807, 2.05) is 33.2 Å². The van der Waals surface area contributed by atoms with E-state index in [0.29, 0.717) is 17.9 Å². The van der Waals surface area contributed by atoms with Gasteiger partial charge in [-0.3, -0.25) is 4.79 Å². The van der Waals surface area contributed by atoms with Gasteiger partial charge < -0.3 is 4.74 Å². The molecule has 0 radical (unpaired) electrons. The molecule has 2 aliphatic carbocycles. The third kappa shape index (κ3) is 4.89. The molecule has 0 aromatic heterocycles. The molecule has 0 N–H and O–H groups in total. The molecule has 0 aromatic carbocycles. The molecule has 0 spiro atoms. The highest BCUT2D eigenvalue weighted by Crippen LogP contribution is 2.48. The normalized spacial score (nSPS) is 35.4. The van der Waals surface area contributed by atoms with Crippen LogP contribution in [0.15, 0.2) is 5.10 Å². The summed E-state index contributed by atoms with van der Waals surface area (Å²) in [6, 6.07) is 0. The van der Waals surface area contributed by atoms with Gasteiger partial charge in [0.1, 0.15) is 0 Å². The van der Waals surface area contributed by atoms with Crippen LogP contribution in [0.25, 0.3) is 0 Å². The topological polar surface area (TPSA) is 41.9 Å². The molecule has 2 fully saturated rings. The zero-order chi connectivity index (χ0) is 20.4. The Kier molecular flexibility index (Phi) is 7.42. The first-order valence-corrected chi connectivity index (χ1v) is 12.6. The molecule has 0 saturated heterocycles. The number of ether oxygens (including phenoxy) is 1. The SMILES string of the molecule is CSC1(Cl)C(=O)N(C(C)(C)C)N=CC1C1CCC(COC2CCCCC2)CC1. The molecule has 4 nitrogen and oxygen atoms in total. The highest BCUT2D eigenvalue weighted by Gasteiger charge is 2.53. The molecule has 2 saturated carbocycles. The summed E-state index contributed by atoms with van der Waals surface area (Å²) in [5.41, 5.74) is -0.359. The predicted octanol–water partition coefficient (Wildman–Crippen LogP) is 5.68. The second kappa shape index (κ2) is 9.26. The monoisotopic (exact) mass is 428 g/mol. The maximum absolute atomic E-state index is 13.2. The molecule has 2 atom stereocenters. The van der Waals surface area contributed by atoms with E-state index in [1.165, 1.54) is 56.7 Å². The lowest BCUT2D eigenvalue weighted by Crippen LogP contribution is -2.57. The summed E-state index contributed by atoms with van der Waals surface area (Å²) in [5.74, 6) is 1.00. The minimum atomic E-state index is -0.939. The molecule has 3 aliphatic rings. The Balaban J connectivity index is 1.57. The van der Waals surface area contributed by atoms with Crippen LogP contribution in [0.1, 0.15) is 78.6 Å². The molecule has 0 aromatic rings. The highest BCUT2D eigenvalue weighted by molar-refractivity contribution is 8.02. The van der Waals surface area contributed by atoms with E-state index in [2.05, 4.69) is 5.10 Å². The zero-order valence-corrected chi connectivity index (χ0v) is 19.5. The van der Waals surface area contributed by atoms with Gasteiger partial charge in [0.05, 0.1) is 11.6 Å². The summed E-state index contributed by atoms with van der Waals surface area (Å²) in [6.45, 7) is 6.90. The quantitative estimate of drug-likeness (QED) is 0.528. The molecule has 28 heavy (non-hydrogen) atoms. The average Bonchev–Trinajstić information content (AvgIpc) is 2.69. The van der Waals surface area contributed by atoms with Crippen molar-refractivity contribution < 1.29 is 9.53 Å². The summed E-state index contributed by atoms with van der Waals surface area (Å²) >= 11 is 8.43. The van der Waals surface area contributed by atoms with Gasteiger partial charge in [0.25, 0.3) is 5.91 Å². The number of carbonyl (C=O) groups is 1. The molecular weight excluding hydrogens is 392 g/mol. The molecule has 6 heteroatoms. The molecule has 1 amide bonds. The van der Waals surface area contributed by atoms with E-state index < -0.39 is 4.21 Å². The number of hydrogen-bond acceptors (Lipinski definition) is 4. The van der Waals surface area contributed by atoms with Gasteiger partial charge in [0.15, 0.2) is 4.21 Å². The van der Waals surface area contributed by atoms with Gasteiger partial charge in [0, 0.05) is 18.7 Å². The molecule has 0 bridgehead atoms. The Morgan fingerprint density at radius 1 is 1.18 bits per heavy atom. The van der Waals surface area contributed by atoms with E-state index in [-0.39, 0.29) is 17.4 Å². The van der Waals surface area contributed by atoms with Crippen LogP contribution < -0.4 is 0 Å². The molecule has 160 valence electrons. The van der Waals surface area contributed by atoms with Gasteiger partial charge in [-0.05, 0) is 77.4 Å². The number of amides is 1. The minimum absolute atomic E-state index is 0.00419. The number of thioether (sulfide) groups is 1. The lowest BCUT2D eigenvalue weighted by Gasteiger charge is -2.45. The minimum Gasteiger partial charge on any atom is -0.378 e. The van der Waals surface area contributed by atoms with E-state index in [0.717, 1.165) is 19.4 Å². The van der Waals surface area contributed by atoms with Crippen LogP contribution in [0.3, 0.4) is 0 Å². The summed E-state index contributed by atoms with van der Waals surface area (Å²) in [7, 11) is 0. The highest BCUT2D eigenvalue weighted by atomic mass is 35.5. The maximum Gasteiger partial charge on any atom is 0.275 e. The van der Waals surface area contributed by atoms with Crippen LogP contribution in [0, 0.1) is 17.8 Å². The van der Waals surface area contributed by atoms with E-state index >= 15 is 0 Å². The zero-order valence-electron chi connectivity index (χ0n) is 18.0. The number of rotatable bonds is 5. The third-order valence-corrected chi connectivity index (χ3v) is 8.62. The van der Waals surface area contributed by atoms with Gasteiger partial charge in [-0.1, -0.05) is 30.9 Å². The number of hydrogen-bond donors (Lipinski definition) is 0. The van der Waals surface area contributed by atoms with Crippen molar-refractivity contribution in [2.75, 3.05) is 12.9 Å². The van der Waals surface area contributed by atoms with Crippen LogP contribution in [0.4, 0.5) is 0 Å². The van der Waals surface area contributed by atoms with E-state index in [9.17, 15) is 4.79 Å². The fourth-order valence-corrected chi connectivity index (χ4v) is 6.02. The average molecular weight is 429 g/mol. The third-order valence-electron chi connectivity index (χ3n) is 6.71. The predicted molar refractivity (Wildman–Crippen MR) is 119 cm³/mol. The number of hydrazone groups is 1. The molecule has 1 aliphatic heterocycles. The number of nitrogens with zero attached hydrogens (tertiary/aromatic N) is 2. The van der Waals surface area contributed by atoms with Crippen molar-refractivity contribution in [3.8, 4) is 0 Å². The lowest BCUT2D eigenvalue weighted by atomic mass is 9.74. The molecule has 2 unspecified atom stereocenters. The fraction of sp³-hybridized carbons (Fsp3) is 0.909. The first-order chi connectivity index (χ1) is 13.3. The summed E-state index contributed by atoms with van der Waals surface area (Å²) < 4.78 is 5.28. The summed E-state index contributed by atoms with van der Waals surface area (Å²) in [5, 5.41) is 6.10. The summed E-state index contributed by atoms with van der Waals surface area (Å²) in [6.07, 6.45) is 15.4. The molecular formula is C22H37ClN2O2S. The van der Waals surface area contributed by atoms with Gasteiger partial charge in [0.2, 0.25) is 0 Å². The smallest absolute Gasteiger partial charge is 0.275 e. The largest absolute Gasteiger partial charge is 0.378 e. The van der Waals surface area contributed by atoms with Gasteiger partial charge in [-0.15, -0.1) is 11.8 Å². The first kappa shape index (κ1) is 22.4. The van der Waals surface area contributed by atoms with Crippen molar-refractivity contribution in [1.29, 1.82) is 0 Å². The Morgan fingerprint density at radius 3 is 2.39 bits per heavy atom. The van der Waals surface area contributed by atoms with Crippen LogP contribution >= 0.6 is 23.4 Å². The Bertz CT molecular complexity index is 565. The number of halogens is 1. The van der Waals surface area contributed by atoms with Crippen molar-refractivity contribution >= 4 is 35.5 Å². The van der Waals surface area contributed by atoms with E-state index in [1.54, 1.807) is 5.01 Å². The molecule has 3 rings (SSSR count). The Hall–Kier alpha value is -0.260. The number of alkyl halides is 1.